The van der Waals surface area contributed by atoms with Crippen molar-refractivity contribution >= 4 is 11.7 Å². The van der Waals surface area contributed by atoms with Gasteiger partial charge in [-0.2, -0.15) is 5.10 Å². The van der Waals surface area contributed by atoms with Crippen LogP contribution in [0.2, 0.25) is 0 Å². The van der Waals surface area contributed by atoms with Crippen molar-refractivity contribution in [3.8, 4) is 0 Å². The molecule has 1 amide bonds. The molecule has 5 nitrogen and oxygen atoms in total. The maximum Gasteiger partial charge on any atom is 0.239 e. The Morgan fingerprint density at radius 3 is 2.45 bits per heavy atom. The van der Waals surface area contributed by atoms with Crippen molar-refractivity contribution in [3.63, 3.8) is 0 Å². The summed E-state index contributed by atoms with van der Waals surface area (Å²) in [5.74, 6) is 0.730. The summed E-state index contributed by atoms with van der Waals surface area (Å²) < 4.78 is 1.97. The molecule has 29 heavy (non-hydrogen) atoms. The van der Waals surface area contributed by atoms with Crippen LogP contribution >= 0.6 is 0 Å². The summed E-state index contributed by atoms with van der Waals surface area (Å²) in [4.78, 5) is 12.7. The Morgan fingerprint density at radius 1 is 1.03 bits per heavy atom. The van der Waals surface area contributed by atoms with E-state index in [0.717, 1.165) is 29.8 Å². The van der Waals surface area contributed by atoms with Crippen molar-refractivity contribution in [2.75, 3.05) is 11.9 Å². The van der Waals surface area contributed by atoms with Gasteiger partial charge in [-0.05, 0) is 30.9 Å². The largest absolute Gasteiger partial charge is 0.310 e. The second kappa shape index (κ2) is 9.05. The second-order valence-corrected chi connectivity index (χ2v) is 7.78. The van der Waals surface area contributed by atoms with Gasteiger partial charge < -0.3 is 5.32 Å². The number of aromatic nitrogens is 2. The Kier molecular flexibility index (Phi) is 6.06. The first kappa shape index (κ1) is 19.4. The molecule has 150 valence electrons. The third kappa shape index (κ3) is 4.74. The van der Waals surface area contributed by atoms with Crippen LogP contribution in [0.25, 0.3) is 0 Å². The van der Waals surface area contributed by atoms with Gasteiger partial charge in [0.05, 0.1) is 24.8 Å². The highest BCUT2D eigenvalue weighted by Gasteiger charge is 2.21. The number of amides is 1. The second-order valence-electron chi connectivity index (χ2n) is 7.78. The van der Waals surface area contributed by atoms with E-state index in [9.17, 15) is 4.79 Å². The van der Waals surface area contributed by atoms with E-state index in [1.54, 1.807) is 6.20 Å². The van der Waals surface area contributed by atoms with Crippen LogP contribution in [0.5, 0.6) is 0 Å². The van der Waals surface area contributed by atoms with Crippen molar-refractivity contribution in [2.45, 2.75) is 44.7 Å². The molecular weight excluding hydrogens is 360 g/mol. The summed E-state index contributed by atoms with van der Waals surface area (Å²) in [6, 6.07) is 20.9. The molecule has 1 aliphatic carbocycles. The molecule has 2 aromatic carbocycles. The number of benzene rings is 2. The van der Waals surface area contributed by atoms with E-state index in [1.807, 2.05) is 28.9 Å². The van der Waals surface area contributed by atoms with Crippen LogP contribution in [0, 0.1) is 6.92 Å². The average Bonchev–Trinajstić information content (AvgIpc) is 3.42. The van der Waals surface area contributed by atoms with Gasteiger partial charge in [0.1, 0.15) is 5.82 Å². The molecule has 5 heteroatoms. The van der Waals surface area contributed by atoms with Gasteiger partial charge in [0.15, 0.2) is 0 Å². The van der Waals surface area contributed by atoms with E-state index in [2.05, 4.69) is 59.1 Å². The van der Waals surface area contributed by atoms with Crippen LogP contribution in [0.1, 0.15) is 54.5 Å². The summed E-state index contributed by atoms with van der Waals surface area (Å²) in [5.41, 5.74) is 3.50. The summed E-state index contributed by atoms with van der Waals surface area (Å²) in [7, 11) is 0. The fourth-order valence-electron chi connectivity index (χ4n) is 4.07. The minimum Gasteiger partial charge on any atom is -0.310 e. The molecule has 1 atom stereocenters. The Balaban J connectivity index is 1.44. The number of nitrogens with zero attached hydrogens (tertiary/aromatic N) is 2. The van der Waals surface area contributed by atoms with Gasteiger partial charge in [-0.25, -0.2) is 4.68 Å². The molecule has 1 aliphatic rings. The Morgan fingerprint density at radius 2 is 1.72 bits per heavy atom. The monoisotopic (exact) mass is 388 g/mol. The van der Waals surface area contributed by atoms with Crippen molar-refractivity contribution in [3.05, 3.63) is 83.6 Å². The highest BCUT2D eigenvalue weighted by molar-refractivity contribution is 5.91. The Hall–Kier alpha value is -2.92. The van der Waals surface area contributed by atoms with Crippen molar-refractivity contribution < 1.29 is 4.79 Å². The molecule has 2 N–H and O–H groups in total. The first-order valence-corrected chi connectivity index (χ1v) is 10.4. The third-order valence-corrected chi connectivity index (χ3v) is 5.62. The summed E-state index contributed by atoms with van der Waals surface area (Å²) in [5, 5.41) is 10.9. The third-order valence-electron chi connectivity index (χ3n) is 5.62. The van der Waals surface area contributed by atoms with Gasteiger partial charge in [-0.1, -0.05) is 73.0 Å². The van der Waals surface area contributed by atoms with Crippen molar-refractivity contribution in [2.24, 2.45) is 0 Å². The topological polar surface area (TPSA) is 59.0 Å². The maximum absolute atomic E-state index is 12.7. The number of hydrogen-bond acceptors (Lipinski definition) is 3. The molecule has 0 spiro atoms. The van der Waals surface area contributed by atoms with Gasteiger partial charge in [0, 0.05) is 6.07 Å². The molecule has 0 radical (unpaired) electrons. The molecule has 3 aromatic rings. The van der Waals surface area contributed by atoms with Crippen LogP contribution < -0.4 is 10.6 Å². The molecule has 4 rings (SSSR count). The summed E-state index contributed by atoms with van der Waals surface area (Å²) in [6.07, 6.45) is 6.49. The molecule has 1 aromatic heterocycles. The van der Waals surface area contributed by atoms with Crippen LogP contribution in [-0.2, 0) is 4.79 Å². The average molecular weight is 389 g/mol. The van der Waals surface area contributed by atoms with E-state index < -0.39 is 0 Å². The first-order chi connectivity index (χ1) is 14.2. The number of carbonyl (C=O) groups excluding carboxylic acids is 1. The Bertz CT molecular complexity index is 927. The molecule has 0 bridgehead atoms. The molecular formula is C24H28N4O. The summed E-state index contributed by atoms with van der Waals surface area (Å²) in [6.45, 7) is 2.30. The number of anilines is 1. The molecule has 0 saturated heterocycles. The number of rotatable bonds is 7. The van der Waals surface area contributed by atoms with E-state index in [0.29, 0.717) is 6.04 Å². The highest BCUT2D eigenvalue weighted by atomic mass is 16.2. The molecule has 0 aliphatic heterocycles. The fourth-order valence-corrected chi connectivity index (χ4v) is 4.07. The zero-order chi connectivity index (χ0) is 20.1. The van der Waals surface area contributed by atoms with Gasteiger partial charge in [-0.15, -0.1) is 0 Å². The number of nitrogens with one attached hydrogen (secondary N) is 2. The quantitative estimate of drug-likeness (QED) is 0.621. The SMILES string of the molecule is Cc1ccc(C(NCC(=O)Nc2ccnn2C2CCCC2)c2ccccc2)cc1. The standard InChI is InChI=1S/C24H28N4O/c1-18-11-13-20(14-12-18)24(19-7-3-2-4-8-19)25-17-23(29)27-22-15-16-26-28(22)21-9-5-6-10-21/h2-4,7-8,11-16,21,24-25H,5-6,9-10,17H2,1H3,(H,27,29). The lowest BCUT2D eigenvalue weighted by atomic mass is 9.98. The predicted octanol–water partition coefficient (Wildman–Crippen LogP) is 4.62. The van der Waals surface area contributed by atoms with Crippen LogP contribution in [0.3, 0.4) is 0 Å². The van der Waals surface area contributed by atoms with Crippen LogP contribution in [-0.4, -0.2) is 22.2 Å². The highest BCUT2D eigenvalue weighted by Crippen LogP contribution is 2.31. The van der Waals surface area contributed by atoms with Crippen LogP contribution in [0.15, 0.2) is 66.9 Å². The lowest BCUT2D eigenvalue weighted by molar-refractivity contribution is -0.115. The number of aryl methyl sites for hydroxylation is 1. The van der Waals surface area contributed by atoms with E-state index >= 15 is 0 Å². The van der Waals surface area contributed by atoms with Crippen molar-refractivity contribution in [1.82, 2.24) is 15.1 Å². The van der Waals surface area contributed by atoms with Crippen molar-refractivity contribution in [1.29, 1.82) is 0 Å². The normalized spacial score (nSPS) is 15.3. The van der Waals surface area contributed by atoms with E-state index in [-0.39, 0.29) is 18.5 Å². The number of carbonyl (C=O) groups is 1. The smallest absolute Gasteiger partial charge is 0.239 e. The minimum atomic E-state index is -0.0576. The van der Waals surface area contributed by atoms with Gasteiger partial charge in [0.2, 0.25) is 5.91 Å². The molecule has 1 unspecified atom stereocenters. The zero-order valence-corrected chi connectivity index (χ0v) is 16.8. The number of hydrogen-bond donors (Lipinski definition) is 2. The first-order valence-electron chi connectivity index (χ1n) is 10.4. The van der Waals surface area contributed by atoms with Crippen LogP contribution in [0.4, 0.5) is 5.82 Å². The van der Waals surface area contributed by atoms with Gasteiger partial charge in [0.25, 0.3) is 0 Å². The maximum atomic E-state index is 12.7. The van der Waals surface area contributed by atoms with E-state index in [4.69, 9.17) is 0 Å². The fraction of sp³-hybridized carbons (Fsp3) is 0.333. The minimum absolute atomic E-state index is 0.0395. The molecule has 1 saturated carbocycles. The lowest BCUT2D eigenvalue weighted by Gasteiger charge is -2.20. The van der Waals surface area contributed by atoms with E-state index in [1.165, 1.54) is 18.4 Å². The summed E-state index contributed by atoms with van der Waals surface area (Å²) >= 11 is 0. The zero-order valence-electron chi connectivity index (χ0n) is 16.8. The van der Waals surface area contributed by atoms with Gasteiger partial charge in [-0.3, -0.25) is 10.1 Å². The molecule has 1 fully saturated rings. The predicted molar refractivity (Wildman–Crippen MR) is 116 cm³/mol. The Labute approximate surface area is 172 Å². The molecule has 1 heterocycles. The van der Waals surface area contributed by atoms with Gasteiger partial charge >= 0.3 is 0 Å². The lowest BCUT2D eigenvalue weighted by Crippen LogP contribution is -2.32.